The summed E-state index contributed by atoms with van der Waals surface area (Å²) < 4.78 is 28.2. The fourth-order valence-corrected chi connectivity index (χ4v) is 3.56. The molecule has 6 nitrogen and oxygen atoms in total. The third-order valence-corrected chi connectivity index (χ3v) is 5.20. The highest BCUT2D eigenvalue weighted by molar-refractivity contribution is 6.05. The molecule has 2 N–H and O–H groups in total. The summed E-state index contributed by atoms with van der Waals surface area (Å²) in [5, 5.41) is 14.8. The van der Waals surface area contributed by atoms with Crippen molar-refractivity contribution in [2.75, 3.05) is 6.54 Å². The zero-order valence-corrected chi connectivity index (χ0v) is 15.0. The van der Waals surface area contributed by atoms with Crippen molar-refractivity contribution in [2.24, 2.45) is 13.0 Å². The van der Waals surface area contributed by atoms with Crippen LogP contribution in [0.5, 0.6) is 0 Å². The number of rotatable bonds is 4. The number of aryl methyl sites for hydroxylation is 1. The molecule has 2 heterocycles. The summed E-state index contributed by atoms with van der Waals surface area (Å²) in [7, 11) is 1.85. The van der Waals surface area contributed by atoms with Crippen molar-refractivity contribution in [3.63, 3.8) is 0 Å². The number of aromatic amines is 1. The first kappa shape index (κ1) is 17.6. The molecule has 1 saturated carbocycles. The van der Waals surface area contributed by atoms with Crippen molar-refractivity contribution in [1.82, 2.24) is 25.3 Å². The van der Waals surface area contributed by atoms with E-state index in [-0.39, 0.29) is 24.7 Å². The summed E-state index contributed by atoms with van der Waals surface area (Å²) in [4.78, 5) is 12.6. The summed E-state index contributed by atoms with van der Waals surface area (Å²) in [6, 6.07) is 5.73. The van der Waals surface area contributed by atoms with Gasteiger partial charge in [0, 0.05) is 43.6 Å². The van der Waals surface area contributed by atoms with Crippen molar-refractivity contribution in [1.29, 1.82) is 0 Å². The molecule has 8 heteroatoms. The first-order chi connectivity index (χ1) is 12.9. The SMILES string of the molecule is Cn1cc(-c2ccc3[nH]nc(C(=O)NCC4CCC(F)(F)CC4)c3c2)cn1. The Balaban J connectivity index is 1.48. The van der Waals surface area contributed by atoms with Crippen molar-refractivity contribution in [2.45, 2.75) is 31.6 Å². The van der Waals surface area contributed by atoms with Gasteiger partial charge in [0.25, 0.3) is 5.91 Å². The second kappa shape index (κ2) is 6.75. The lowest BCUT2D eigenvalue weighted by molar-refractivity contribution is -0.0452. The van der Waals surface area contributed by atoms with Gasteiger partial charge in [-0.1, -0.05) is 6.07 Å². The van der Waals surface area contributed by atoms with E-state index in [1.54, 1.807) is 10.9 Å². The Morgan fingerprint density at radius 1 is 1.33 bits per heavy atom. The van der Waals surface area contributed by atoms with Crippen molar-refractivity contribution in [3.05, 3.63) is 36.3 Å². The number of carbonyl (C=O) groups is 1. The molecule has 1 aliphatic rings. The van der Waals surface area contributed by atoms with Gasteiger partial charge in [0.15, 0.2) is 5.69 Å². The van der Waals surface area contributed by atoms with Crippen LogP contribution in [0, 0.1) is 5.92 Å². The van der Waals surface area contributed by atoms with Crippen LogP contribution >= 0.6 is 0 Å². The molecular formula is C19H21F2N5O. The number of benzene rings is 1. The van der Waals surface area contributed by atoms with Crippen molar-refractivity contribution >= 4 is 16.8 Å². The zero-order valence-electron chi connectivity index (χ0n) is 15.0. The molecule has 0 aliphatic heterocycles. The van der Waals surface area contributed by atoms with Gasteiger partial charge in [-0.2, -0.15) is 10.2 Å². The molecule has 0 spiro atoms. The number of H-pyrrole nitrogens is 1. The van der Waals surface area contributed by atoms with Gasteiger partial charge in [0.2, 0.25) is 5.92 Å². The average Bonchev–Trinajstić information content (AvgIpc) is 3.26. The van der Waals surface area contributed by atoms with Crippen LogP contribution in [0.4, 0.5) is 8.78 Å². The van der Waals surface area contributed by atoms with E-state index in [1.807, 2.05) is 31.4 Å². The van der Waals surface area contributed by atoms with Crippen LogP contribution in [0.2, 0.25) is 0 Å². The minimum Gasteiger partial charge on any atom is -0.350 e. The first-order valence-electron chi connectivity index (χ1n) is 9.04. The largest absolute Gasteiger partial charge is 0.350 e. The molecule has 142 valence electrons. The molecule has 1 fully saturated rings. The number of nitrogens with one attached hydrogen (secondary N) is 2. The summed E-state index contributed by atoms with van der Waals surface area (Å²) in [5.74, 6) is -2.76. The molecule has 1 amide bonds. The third kappa shape index (κ3) is 3.70. The number of fused-ring (bicyclic) bond motifs is 1. The molecule has 4 rings (SSSR count). The smallest absolute Gasteiger partial charge is 0.272 e. The maximum atomic E-state index is 13.2. The van der Waals surface area contributed by atoms with E-state index in [9.17, 15) is 13.6 Å². The maximum Gasteiger partial charge on any atom is 0.272 e. The summed E-state index contributed by atoms with van der Waals surface area (Å²) >= 11 is 0. The number of halogens is 2. The molecule has 0 bridgehead atoms. The highest BCUT2D eigenvalue weighted by Crippen LogP contribution is 2.35. The van der Waals surface area contributed by atoms with Crippen molar-refractivity contribution in [3.8, 4) is 11.1 Å². The number of alkyl halides is 2. The molecule has 0 unspecified atom stereocenters. The number of amides is 1. The quantitative estimate of drug-likeness (QED) is 0.735. The Bertz CT molecular complexity index is 968. The predicted molar refractivity (Wildman–Crippen MR) is 97.5 cm³/mol. The van der Waals surface area contributed by atoms with Crippen molar-refractivity contribution < 1.29 is 13.6 Å². The van der Waals surface area contributed by atoms with E-state index in [0.29, 0.717) is 25.1 Å². The van der Waals surface area contributed by atoms with E-state index in [4.69, 9.17) is 0 Å². The Morgan fingerprint density at radius 3 is 2.81 bits per heavy atom. The number of carbonyl (C=O) groups excluding carboxylic acids is 1. The van der Waals surface area contributed by atoms with Gasteiger partial charge in [-0.25, -0.2) is 8.78 Å². The molecule has 0 atom stereocenters. The standard InChI is InChI=1S/C19H21F2N5O/c1-26-11-14(10-23-26)13-2-3-16-15(8-13)17(25-24-16)18(27)22-9-12-4-6-19(20,21)7-5-12/h2-3,8,10-12H,4-7,9H2,1H3,(H,22,27)(H,24,25). The zero-order chi connectivity index (χ0) is 19.0. The van der Waals surface area contributed by atoms with E-state index in [1.165, 1.54) is 0 Å². The van der Waals surface area contributed by atoms with E-state index in [2.05, 4.69) is 20.6 Å². The second-order valence-corrected chi connectivity index (χ2v) is 7.24. The van der Waals surface area contributed by atoms with Crippen LogP contribution in [0.1, 0.15) is 36.2 Å². The van der Waals surface area contributed by atoms with Crippen LogP contribution in [0.15, 0.2) is 30.6 Å². The number of hydrogen-bond acceptors (Lipinski definition) is 3. The lowest BCUT2D eigenvalue weighted by Gasteiger charge is -2.28. The molecule has 27 heavy (non-hydrogen) atoms. The summed E-state index contributed by atoms with van der Waals surface area (Å²) in [6.07, 6.45) is 4.32. The van der Waals surface area contributed by atoms with E-state index < -0.39 is 5.92 Å². The average molecular weight is 373 g/mol. The lowest BCUT2D eigenvalue weighted by Crippen LogP contribution is -2.34. The first-order valence-corrected chi connectivity index (χ1v) is 9.04. The molecule has 1 aromatic carbocycles. The molecule has 1 aliphatic carbocycles. The lowest BCUT2D eigenvalue weighted by atomic mass is 9.87. The monoisotopic (exact) mass is 373 g/mol. The minimum absolute atomic E-state index is 0.0877. The van der Waals surface area contributed by atoms with Gasteiger partial charge < -0.3 is 5.32 Å². The summed E-state index contributed by atoms with van der Waals surface area (Å²) in [5.41, 5.74) is 2.98. The fraction of sp³-hybridized carbons (Fsp3) is 0.421. The highest BCUT2D eigenvalue weighted by atomic mass is 19.3. The van der Waals surface area contributed by atoms with Gasteiger partial charge in [-0.15, -0.1) is 0 Å². The van der Waals surface area contributed by atoms with Crippen LogP contribution in [-0.4, -0.2) is 38.4 Å². The Morgan fingerprint density at radius 2 is 2.11 bits per heavy atom. The van der Waals surface area contributed by atoms with Gasteiger partial charge in [-0.3, -0.25) is 14.6 Å². The summed E-state index contributed by atoms with van der Waals surface area (Å²) in [6.45, 7) is 0.394. The molecule has 2 aromatic heterocycles. The van der Waals surface area contributed by atoms with E-state index >= 15 is 0 Å². The molecular weight excluding hydrogens is 352 g/mol. The van der Waals surface area contributed by atoms with Gasteiger partial charge in [0.1, 0.15) is 0 Å². The third-order valence-electron chi connectivity index (χ3n) is 5.20. The number of hydrogen-bond donors (Lipinski definition) is 2. The fourth-order valence-electron chi connectivity index (χ4n) is 3.56. The number of nitrogens with zero attached hydrogens (tertiary/aromatic N) is 3. The Kier molecular flexibility index (Phi) is 4.41. The topological polar surface area (TPSA) is 75.6 Å². The van der Waals surface area contributed by atoms with Crippen LogP contribution in [0.25, 0.3) is 22.0 Å². The molecule has 3 aromatic rings. The van der Waals surface area contributed by atoms with Gasteiger partial charge in [-0.05, 0) is 36.5 Å². The second-order valence-electron chi connectivity index (χ2n) is 7.24. The normalized spacial score (nSPS) is 17.3. The molecule has 0 saturated heterocycles. The Labute approximate surface area is 154 Å². The maximum absolute atomic E-state index is 13.2. The van der Waals surface area contributed by atoms with Crippen LogP contribution < -0.4 is 5.32 Å². The van der Waals surface area contributed by atoms with Crippen LogP contribution in [0.3, 0.4) is 0 Å². The predicted octanol–water partition coefficient (Wildman–Crippen LogP) is 3.52. The highest BCUT2D eigenvalue weighted by Gasteiger charge is 2.34. The van der Waals surface area contributed by atoms with Crippen LogP contribution in [-0.2, 0) is 7.05 Å². The Hall–Kier alpha value is -2.77. The van der Waals surface area contributed by atoms with Gasteiger partial charge >= 0.3 is 0 Å². The van der Waals surface area contributed by atoms with E-state index in [0.717, 1.165) is 22.0 Å². The van der Waals surface area contributed by atoms with Gasteiger partial charge in [0.05, 0.1) is 11.7 Å². The number of aromatic nitrogens is 4. The molecule has 0 radical (unpaired) electrons. The minimum atomic E-state index is -2.55.